The molecule has 0 unspecified atom stereocenters. The molecule has 6 nitrogen and oxygen atoms in total. The molecule has 0 saturated heterocycles. The molecule has 0 fully saturated rings. The standard InChI is InChI=1S/C20H20ClN3O3/c1-11-5-6-16-15(7-11)19(20(26)24(16)4)23-22-17(25)10-27-14-8-12(2)18(21)13(3)9-14/h5-9,26H,10H2,1-4H3. The average Bonchev–Trinajstić information content (AvgIpc) is 2.86. The Morgan fingerprint density at radius 2 is 1.85 bits per heavy atom. The lowest BCUT2D eigenvalue weighted by Crippen LogP contribution is -2.08. The maximum absolute atomic E-state index is 12.0. The van der Waals surface area contributed by atoms with Crippen molar-refractivity contribution in [1.29, 1.82) is 0 Å². The van der Waals surface area contributed by atoms with Gasteiger partial charge in [-0.05, 0) is 56.2 Å². The Kier molecular flexibility index (Phi) is 5.19. The highest BCUT2D eigenvalue weighted by Crippen LogP contribution is 2.38. The highest BCUT2D eigenvalue weighted by atomic mass is 35.5. The maximum atomic E-state index is 12.0. The molecule has 27 heavy (non-hydrogen) atoms. The number of carbonyl (C=O) groups is 1. The van der Waals surface area contributed by atoms with Crippen LogP contribution in [0.1, 0.15) is 16.7 Å². The summed E-state index contributed by atoms with van der Waals surface area (Å²) in [6.45, 7) is 5.43. The number of benzene rings is 2. The molecule has 1 heterocycles. The van der Waals surface area contributed by atoms with E-state index in [1.54, 1.807) is 23.7 Å². The number of halogens is 1. The van der Waals surface area contributed by atoms with Gasteiger partial charge in [0.2, 0.25) is 5.88 Å². The number of hydrogen-bond acceptors (Lipinski definition) is 4. The first-order valence-corrected chi connectivity index (χ1v) is 8.78. The van der Waals surface area contributed by atoms with E-state index in [4.69, 9.17) is 16.3 Å². The maximum Gasteiger partial charge on any atom is 0.302 e. The van der Waals surface area contributed by atoms with E-state index in [1.807, 2.05) is 39.0 Å². The largest absolute Gasteiger partial charge is 0.493 e. The Morgan fingerprint density at radius 1 is 1.19 bits per heavy atom. The number of aryl methyl sites for hydroxylation is 4. The van der Waals surface area contributed by atoms with Crippen LogP contribution in [-0.4, -0.2) is 22.2 Å². The van der Waals surface area contributed by atoms with Crippen LogP contribution < -0.4 is 4.74 Å². The van der Waals surface area contributed by atoms with Crippen LogP contribution in [0, 0.1) is 20.8 Å². The molecular formula is C20H20ClN3O3. The van der Waals surface area contributed by atoms with E-state index in [2.05, 4.69) is 10.2 Å². The van der Waals surface area contributed by atoms with Crippen LogP contribution in [0.4, 0.5) is 5.69 Å². The molecule has 1 aromatic heterocycles. The number of aromatic hydroxyl groups is 1. The Bertz CT molecular complexity index is 1050. The van der Waals surface area contributed by atoms with Gasteiger partial charge in [0.25, 0.3) is 0 Å². The third-order valence-electron chi connectivity index (χ3n) is 4.33. The van der Waals surface area contributed by atoms with Gasteiger partial charge in [0.15, 0.2) is 12.3 Å². The molecule has 0 spiro atoms. The lowest BCUT2D eigenvalue weighted by molar-refractivity contribution is -0.120. The first kappa shape index (κ1) is 18.9. The zero-order valence-corrected chi connectivity index (χ0v) is 16.3. The lowest BCUT2D eigenvalue weighted by atomic mass is 10.1. The molecule has 2 aromatic carbocycles. The summed E-state index contributed by atoms with van der Waals surface area (Å²) in [4.78, 5) is 12.0. The molecule has 3 aromatic rings. The smallest absolute Gasteiger partial charge is 0.302 e. The molecule has 3 rings (SSSR count). The van der Waals surface area contributed by atoms with Gasteiger partial charge in [-0.1, -0.05) is 23.2 Å². The summed E-state index contributed by atoms with van der Waals surface area (Å²) in [6, 6.07) is 9.25. The normalized spacial score (nSPS) is 11.4. The molecule has 1 amide bonds. The summed E-state index contributed by atoms with van der Waals surface area (Å²) >= 11 is 6.12. The van der Waals surface area contributed by atoms with Crippen LogP contribution in [0.15, 0.2) is 40.6 Å². The van der Waals surface area contributed by atoms with E-state index >= 15 is 0 Å². The summed E-state index contributed by atoms with van der Waals surface area (Å²) in [5.74, 6) is -0.0529. The van der Waals surface area contributed by atoms with Crippen molar-refractivity contribution in [2.45, 2.75) is 20.8 Å². The highest BCUT2D eigenvalue weighted by molar-refractivity contribution is 6.32. The molecule has 7 heteroatoms. The quantitative estimate of drug-likeness (QED) is 0.631. The van der Waals surface area contributed by atoms with E-state index in [0.29, 0.717) is 10.8 Å². The minimum Gasteiger partial charge on any atom is -0.493 e. The summed E-state index contributed by atoms with van der Waals surface area (Å²) in [5.41, 5.74) is 3.84. The number of azo groups is 1. The minimum atomic E-state index is -0.552. The predicted molar refractivity (Wildman–Crippen MR) is 105 cm³/mol. The van der Waals surface area contributed by atoms with Crippen LogP contribution in [0.3, 0.4) is 0 Å². The minimum absolute atomic E-state index is 0.0444. The van der Waals surface area contributed by atoms with E-state index in [9.17, 15) is 9.90 Å². The molecule has 0 radical (unpaired) electrons. The zero-order chi connectivity index (χ0) is 19.7. The summed E-state index contributed by atoms with van der Waals surface area (Å²) in [7, 11) is 1.72. The number of aromatic nitrogens is 1. The van der Waals surface area contributed by atoms with Crippen molar-refractivity contribution in [2.24, 2.45) is 17.3 Å². The van der Waals surface area contributed by atoms with Crippen molar-refractivity contribution >= 4 is 34.1 Å². The third kappa shape index (κ3) is 3.80. The third-order valence-corrected chi connectivity index (χ3v) is 4.93. The van der Waals surface area contributed by atoms with Crippen molar-refractivity contribution in [3.8, 4) is 11.6 Å². The fraction of sp³-hybridized carbons (Fsp3) is 0.250. The van der Waals surface area contributed by atoms with Crippen LogP contribution in [-0.2, 0) is 11.8 Å². The van der Waals surface area contributed by atoms with Gasteiger partial charge in [-0.25, -0.2) is 0 Å². The van der Waals surface area contributed by atoms with Gasteiger partial charge in [0.05, 0.1) is 5.52 Å². The second kappa shape index (κ2) is 7.40. The number of carbonyl (C=O) groups excluding carboxylic acids is 1. The van der Waals surface area contributed by atoms with Gasteiger partial charge in [0, 0.05) is 17.5 Å². The van der Waals surface area contributed by atoms with Gasteiger partial charge < -0.3 is 14.4 Å². The number of fused-ring (bicyclic) bond motifs is 1. The SMILES string of the molecule is Cc1ccc2c(c1)c(N=NC(=O)COc1cc(C)c(Cl)c(C)c1)c(O)n2C. The Morgan fingerprint density at radius 3 is 2.52 bits per heavy atom. The molecule has 1 N–H and O–H groups in total. The predicted octanol–water partition coefficient (Wildman–Crippen LogP) is 5.15. The molecular weight excluding hydrogens is 366 g/mol. The fourth-order valence-corrected chi connectivity index (χ4v) is 3.00. The molecule has 0 aliphatic rings. The topological polar surface area (TPSA) is 76.2 Å². The highest BCUT2D eigenvalue weighted by Gasteiger charge is 2.15. The Hall–Kier alpha value is -2.86. The fourth-order valence-electron chi connectivity index (χ4n) is 2.89. The van der Waals surface area contributed by atoms with Gasteiger partial charge in [0.1, 0.15) is 5.75 Å². The number of hydrogen-bond donors (Lipinski definition) is 1. The first-order chi connectivity index (χ1) is 12.8. The van der Waals surface area contributed by atoms with E-state index in [-0.39, 0.29) is 18.2 Å². The monoisotopic (exact) mass is 385 g/mol. The number of rotatable bonds is 4. The van der Waals surface area contributed by atoms with Crippen molar-refractivity contribution in [3.63, 3.8) is 0 Å². The Balaban J connectivity index is 1.77. The van der Waals surface area contributed by atoms with Crippen molar-refractivity contribution in [1.82, 2.24) is 4.57 Å². The molecule has 0 bridgehead atoms. The number of amides is 1. The van der Waals surface area contributed by atoms with E-state index in [0.717, 1.165) is 27.6 Å². The van der Waals surface area contributed by atoms with Gasteiger partial charge >= 0.3 is 5.91 Å². The van der Waals surface area contributed by atoms with E-state index in [1.165, 1.54) is 0 Å². The average molecular weight is 386 g/mol. The van der Waals surface area contributed by atoms with Crippen LogP contribution in [0.2, 0.25) is 5.02 Å². The first-order valence-electron chi connectivity index (χ1n) is 8.40. The molecule has 0 atom stereocenters. The lowest BCUT2D eigenvalue weighted by Gasteiger charge is -2.08. The summed E-state index contributed by atoms with van der Waals surface area (Å²) < 4.78 is 7.09. The van der Waals surface area contributed by atoms with E-state index < -0.39 is 5.91 Å². The van der Waals surface area contributed by atoms with Gasteiger partial charge in [-0.2, -0.15) is 0 Å². The van der Waals surface area contributed by atoms with Gasteiger partial charge in [-0.3, -0.25) is 4.79 Å². The number of ether oxygens (including phenoxy) is 1. The van der Waals surface area contributed by atoms with Crippen molar-refractivity contribution in [2.75, 3.05) is 6.61 Å². The molecule has 0 aliphatic carbocycles. The molecule has 0 saturated carbocycles. The van der Waals surface area contributed by atoms with Crippen molar-refractivity contribution in [3.05, 3.63) is 52.0 Å². The van der Waals surface area contributed by atoms with Crippen LogP contribution in [0.5, 0.6) is 11.6 Å². The molecule has 0 aliphatic heterocycles. The van der Waals surface area contributed by atoms with Crippen LogP contribution in [0.25, 0.3) is 10.9 Å². The number of nitrogens with zero attached hydrogens (tertiary/aromatic N) is 3. The van der Waals surface area contributed by atoms with Crippen molar-refractivity contribution < 1.29 is 14.6 Å². The Labute approximate surface area is 162 Å². The second-order valence-electron chi connectivity index (χ2n) is 6.51. The van der Waals surface area contributed by atoms with Gasteiger partial charge in [-0.15, -0.1) is 10.2 Å². The van der Waals surface area contributed by atoms with Crippen LogP contribution >= 0.6 is 11.6 Å². The zero-order valence-electron chi connectivity index (χ0n) is 15.6. The molecule has 140 valence electrons. The second-order valence-corrected chi connectivity index (χ2v) is 6.88. The summed E-state index contributed by atoms with van der Waals surface area (Å²) in [6.07, 6.45) is 0. The summed E-state index contributed by atoms with van der Waals surface area (Å²) in [5, 5.41) is 19.3.